The minimum atomic E-state index is -4.64. The molecular formula is C23H24F3N3OS. The van der Waals surface area contributed by atoms with Crippen molar-refractivity contribution in [3.8, 4) is 6.07 Å². The summed E-state index contributed by atoms with van der Waals surface area (Å²) in [6, 6.07) is 9.39. The second kappa shape index (κ2) is 9.73. The lowest BCUT2D eigenvalue weighted by Gasteiger charge is -2.27. The highest BCUT2D eigenvalue weighted by Gasteiger charge is 2.40. The maximum Gasteiger partial charge on any atom is 0.418 e. The summed E-state index contributed by atoms with van der Waals surface area (Å²) in [4.78, 5) is 16.6. The van der Waals surface area contributed by atoms with E-state index < -0.39 is 17.3 Å². The van der Waals surface area contributed by atoms with Gasteiger partial charge in [0.25, 0.3) is 0 Å². The van der Waals surface area contributed by atoms with Crippen LogP contribution in [0, 0.1) is 24.2 Å². The maximum absolute atomic E-state index is 13.9. The zero-order chi connectivity index (χ0) is 22.6. The summed E-state index contributed by atoms with van der Waals surface area (Å²) in [5.41, 5.74) is 1.24. The van der Waals surface area contributed by atoms with E-state index in [-0.39, 0.29) is 34.6 Å². The topological polar surface area (TPSA) is 65.8 Å². The molecule has 0 radical (unpaired) electrons. The van der Waals surface area contributed by atoms with Gasteiger partial charge in [0.2, 0.25) is 5.91 Å². The summed E-state index contributed by atoms with van der Waals surface area (Å²) in [6.07, 6.45) is -2.34. The number of fused-ring (bicyclic) bond motifs is 1. The summed E-state index contributed by atoms with van der Waals surface area (Å²) < 4.78 is 41.7. The highest BCUT2D eigenvalue weighted by Crippen LogP contribution is 2.42. The Morgan fingerprint density at radius 3 is 2.65 bits per heavy atom. The van der Waals surface area contributed by atoms with Gasteiger partial charge in [0, 0.05) is 12.2 Å². The standard InChI is InChI=1S/C23H24F3N3OS/c1-3-15-8-9-19-17(10-15)21(23(24,25)26)18(11-27)22(29-19)31-13-20(30)28-12-16-6-4-14(2)5-7-16/h4-7,15H,3,8-10,12-13H2,1-2H3,(H,28,30)/t15-/m1/s1. The monoisotopic (exact) mass is 447 g/mol. The number of rotatable bonds is 6. The van der Waals surface area contributed by atoms with E-state index in [0.717, 1.165) is 35.7 Å². The molecule has 1 N–H and O–H groups in total. The number of nitriles is 1. The molecule has 1 aliphatic carbocycles. The van der Waals surface area contributed by atoms with Crippen LogP contribution >= 0.6 is 11.8 Å². The first-order valence-corrected chi connectivity index (χ1v) is 11.2. The Bertz CT molecular complexity index is 997. The van der Waals surface area contributed by atoms with Crippen molar-refractivity contribution in [3.05, 3.63) is 57.8 Å². The Hall–Kier alpha value is -2.53. The fraction of sp³-hybridized carbons (Fsp3) is 0.435. The van der Waals surface area contributed by atoms with E-state index in [4.69, 9.17) is 0 Å². The number of nitrogens with one attached hydrogen (secondary N) is 1. The van der Waals surface area contributed by atoms with E-state index in [1.807, 2.05) is 38.1 Å². The molecule has 1 heterocycles. The third kappa shape index (κ3) is 5.59. The van der Waals surface area contributed by atoms with Crippen molar-refractivity contribution in [2.24, 2.45) is 5.92 Å². The minimum absolute atomic E-state index is 0.0194. The average molecular weight is 448 g/mol. The minimum Gasteiger partial charge on any atom is -0.351 e. The molecule has 0 fully saturated rings. The van der Waals surface area contributed by atoms with Gasteiger partial charge in [-0.3, -0.25) is 4.79 Å². The number of carbonyl (C=O) groups is 1. The number of alkyl halides is 3. The summed E-state index contributed by atoms with van der Waals surface area (Å²) >= 11 is 0.881. The number of nitrogens with zero attached hydrogens (tertiary/aromatic N) is 2. The number of carbonyl (C=O) groups excluding carboxylic acids is 1. The molecule has 0 aliphatic heterocycles. The number of benzene rings is 1. The molecular weight excluding hydrogens is 423 g/mol. The van der Waals surface area contributed by atoms with Crippen molar-refractivity contribution in [3.63, 3.8) is 0 Å². The Morgan fingerprint density at radius 1 is 1.32 bits per heavy atom. The van der Waals surface area contributed by atoms with Crippen molar-refractivity contribution in [2.45, 2.75) is 57.3 Å². The average Bonchev–Trinajstić information content (AvgIpc) is 2.74. The first-order valence-electron chi connectivity index (χ1n) is 10.2. The lowest BCUT2D eigenvalue weighted by atomic mass is 9.82. The van der Waals surface area contributed by atoms with Crippen LogP contribution in [0.3, 0.4) is 0 Å². The fourth-order valence-corrected chi connectivity index (χ4v) is 4.60. The molecule has 31 heavy (non-hydrogen) atoms. The first-order chi connectivity index (χ1) is 14.7. The van der Waals surface area contributed by atoms with E-state index in [9.17, 15) is 23.2 Å². The Kier molecular flexibility index (Phi) is 7.26. The summed E-state index contributed by atoms with van der Waals surface area (Å²) in [6.45, 7) is 4.25. The molecule has 0 spiro atoms. The van der Waals surface area contributed by atoms with Crippen molar-refractivity contribution < 1.29 is 18.0 Å². The second-order valence-electron chi connectivity index (χ2n) is 7.77. The number of halogens is 3. The van der Waals surface area contributed by atoms with E-state index in [2.05, 4.69) is 10.3 Å². The molecule has 4 nitrogen and oxygen atoms in total. The van der Waals surface area contributed by atoms with Gasteiger partial charge in [0.05, 0.1) is 16.9 Å². The predicted molar refractivity (Wildman–Crippen MR) is 114 cm³/mol. The van der Waals surface area contributed by atoms with E-state index in [1.165, 1.54) is 0 Å². The van der Waals surface area contributed by atoms with Crippen molar-refractivity contribution in [2.75, 3.05) is 5.75 Å². The quantitative estimate of drug-likeness (QED) is 0.618. The van der Waals surface area contributed by atoms with Gasteiger partial charge in [-0.25, -0.2) is 4.98 Å². The molecule has 1 aliphatic rings. The molecule has 0 bridgehead atoms. The van der Waals surface area contributed by atoms with Gasteiger partial charge in [-0.2, -0.15) is 18.4 Å². The number of aromatic nitrogens is 1. The van der Waals surface area contributed by atoms with Crippen molar-refractivity contribution >= 4 is 17.7 Å². The second-order valence-corrected chi connectivity index (χ2v) is 8.73. The van der Waals surface area contributed by atoms with Crippen molar-refractivity contribution in [1.82, 2.24) is 10.3 Å². The van der Waals surface area contributed by atoms with Gasteiger partial charge in [0.15, 0.2) is 0 Å². The molecule has 0 saturated heterocycles. The van der Waals surface area contributed by atoms with Crippen LogP contribution in [0.25, 0.3) is 0 Å². The Labute approximate surface area is 184 Å². The number of hydrogen-bond acceptors (Lipinski definition) is 4. The number of pyridine rings is 1. The highest BCUT2D eigenvalue weighted by molar-refractivity contribution is 8.00. The largest absolute Gasteiger partial charge is 0.418 e. The van der Waals surface area contributed by atoms with Crippen LogP contribution in [0.4, 0.5) is 13.2 Å². The zero-order valence-corrected chi connectivity index (χ0v) is 18.3. The van der Waals surface area contributed by atoms with E-state index >= 15 is 0 Å². The van der Waals surface area contributed by atoms with Crippen LogP contribution in [0.5, 0.6) is 0 Å². The third-order valence-corrected chi connectivity index (χ3v) is 6.53. The van der Waals surface area contributed by atoms with Gasteiger partial charge in [-0.1, -0.05) is 54.9 Å². The first kappa shape index (κ1) is 23.1. The molecule has 1 aromatic heterocycles. The molecule has 164 valence electrons. The number of aryl methyl sites for hydroxylation is 2. The molecule has 1 amide bonds. The van der Waals surface area contributed by atoms with E-state index in [1.54, 1.807) is 6.07 Å². The van der Waals surface area contributed by atoms with Gasteiger partial charge in [0.1, 0.15) is 11.1 Å². The Morgan fingerprint density at radius 2 is 2.03 bits per heavy atom. The van der Waals surface area contributed by atoms with Crippen LogP contribution in [0.2, 0.25) is 0 Å². The number of thioether (sulfide) groups is 1. The fourth-order valence-electron chi connectivity index (χ4n) is 3.77. The van der Waals surface area contributed by atoms with Crippen LogP contribution in [-0.2, 0) is 30.4 Å². The predicted octanol–water partition coefficient (Wildman–Crippen LogP) is 5.20. The van der Waals surface area contributed by atoms with Crippen LogP contribution < -0.4 is 5.32 Å². The molecule has 2 aromatic rings. The maximum atomic E-state index is 13.9. The number of amides is 1. The van der Waals surface area contributed by atoms with Gasteiger partial charge < -0.3 is 5.32 Å². The molecule has 1 atom stereocenters. The van der Waals surface area contributed by atoms with Gasteiger partial charge in [-0.15, -0.1) is 0 Å². The smallest absolute Gasteiger partial charge is 0.351 e. The Balaban J connectivity index is 1.78. The van der Waals surface area contributed by atoms with Gasteiger partial charge in [-0.05, 0) is 43.2 Å². The van der Waals surface area contributed by atoms with Crippen LogP contribution in [-0.4, -0.2) is 16.6 Å². The normalized spacial score (nSPS) is 15.8. The molecule has 0 saturated carbocycles. The lowest BCUT2D eigenvalue weighted by Crippen LogP contribution is -2.25. The van der Waals surface area contributed by atoms with Crippen molar-refractivity contribution in [1.29, 1.82) is 5.26 Å². The molecule has 1 aromatic carbocycles. The van der Waals surface area contributed by atoms with E-state index in [0.29, 0.717) is 18.7 Å². The summed E-state index contributed by atoms with van der Waals surface area (Å²) in [7, 11) is 0. The molecule has 0 unspecified atom stereocenters. The SMILES string of the molecule is CC[C@@H]1CCc2nc(SCC(=O)NCc3ccc(C)cc3)c(C#N)c(C(F)(F)F)c2C1. The third-order valence-electron chi connectivity index (χ3n) is 5.56. The zero-order valence-electron chi connectivity index (χ0n) is 17.5. The summed E-state index contributed by atoms with van der Waals surface area (Å²) in [5, 5.41) is 12.3. The highest BCUT2D eigenvalue weighted by atomic mass is 32.2. The van der Waals surface area contributed by atoms with Crippen LogP contribution in [0.15, 0.2) is 29.3 Å². The lowest BCUT2D eigenvalue weighted by molar-refractivity contribution is -0.138. The summed E-state index contributed by atoms with van der Waals surface area (Å²) in [5.74, 6) is -0.275. The van der Waals surface area contributed by atoms with Crippen LogP contribution in [0.1, 0.15) is 53.3 Å². The number of hydrogen-bond donors (Lipinski definition) is 1. The molecule has 3 rings (SSSR count). The molecule has 8 heteroatoms. The van der Waals surface area contributed by atoms with Gasteiger partial charge >= 0.3 is 6.18 Å².